The van der Waals surface area contributed by atoms with Gasteiger partial charge in [0, 0.05) is 31.4 Å². The normalized spacial score (nSPS) is 17.9. The molecule has 1 aromatic rings. The predicted molar refractivity (Wildman–Crippen MR) is 79.6 cm³/mol. The number of para-hydroxylation sites is 1. The molecule has 1 aromatic carbocycles. The van der Waals surface area contributed by atoms with Crippen molar-refractivity contribution in [3.05, 3.63) is 29.8 Å². The number of piperidine rings is 1. The minimum absolute atomic E-state index is 0.228. The summed E-state index contributed by atoms with van der Waals surface area (Å²) in [6, 6.07) is 9.08. The maximum absolute atomic E-state index is 12.3. The van der Waals surface area contributed by atoms with Gasteiger partial charge in [-0.15, -0.1) is 0 Å². The zero-order valence-corrected chi connectivity index (χ0v) is 12.0. The molecule has 2 rings (SSSR count). The molecule has 19 heavy (non-hydrogen) atoms. The van der Waals surface area contributed by atoms with Gasteiger partial charge in [-0.25, -0.2) is 4.39 Å². The van der Waals surface area contributed by atoms with Crippen LogP contribution in [0.4, 0.5) is 10.1 Å². The number of hydrogen-bond donors (Lipinski definition) is 1. The molecule has 1 N–H and O–H groups in total. The zero-order chi connectivity index (χ0) is 13.7. The Hall–Kier alpha value is -1.09. The van der Waals surface area contributed by atoms with Gasteiger partial charge in [0.2, 0.25) is 0 Å². The van der Waals surface area contributed by atoms with Crippen molar-refractivity contribution in [2.45, 2.75) is 38.6 Å². The SMILES string of the molecule is CC(C)c1ccccc1NC1CCN(CCF)CC1. The summed E-state index contributed by atoms with van der Waals surface area (Å²) >= 11 is 0. The van der Waals surface area contributed by atoms with Gasteiger partial charge in [0.15, 0.2) is 0 Å². The Morgan fingerprint density at radius 1 is 1.26 bits per heavy atom. The Morgan fingerprint density at radius 3 is 2.58 bits per heavy atom. The van der Waals surface area contributed by atoms with Gasteiger partial charge in [-0.3, -0.25) is 0 Å². The Balaban J connectivity index is 1.92. The molecule has 0 amide bonds. The van der Waals surface area contributed by atoms with Crippen molar-refractivity contribution in [3.8, 4) is 0 Å². The molecular formula is C16H25FN2. The topological polar surface area (TPSA) is 15.3 Å². The summed E-state index contributed by atoms with van der Waals surface area (Å²) in [5.74, 6) is 0.537. The van der Waals surface area contributed by atoms with Crippen LogP contribution in [0, 0.1) is 0 Å². The summed E-state index contributed by atoms with van der Waals surface area (Å²) in [6.07, 6.45) is 2.21. The number of benzene rings is 1. The van der Waals surface area contributed by atoms with Gasteiger partial charge in [-0.2, -0.15) is 0 Å². The van der Waals surface area contributed by atoms with E-state index >= 15 is 0 Å². The third kappa shape index (κ3) is 3.93. The third-order valence-electron chi connectivity index (χ3n) is 3.93. The van der Waals surface area contributed by atoms with E-state index in [0.717, 1.165) is 25.9 Å². The fourth-order valence-electron chi connectivity index (χ4n) is 2.77. The number of halogens is 1. The zero-order valence-electron chi connectivity index (χ0n) is 12.0. The fraction of sp³-hybridized carbons (Fsp3) is 0.625. The van der Waals surface area contributed by atoms with E-state index in [2.05, 4.69) is 48.3 Å². The van der Waals surface area contributed by atoms with Crippen LogP contribution in [0.1, 0.15) is 38.2 Å². The lowest BCUT2D eigenvalue weighted by Gasteiger charge is -2.32. The minimum Gasteiger partial charge on any atom is -0.382 e. The van der Waals surface area contributed by atoms with Crippen LogP contribution in [0.25, 0.3) is 0 Å². The largest absolute Gasteiger partial charge is 0.382 e. The van der Waals surface area contributed by atoms with Crippen molar-refractivity contribution >= 4 is 5.69 Å². The first-order valence-electron chi connectivity index (χ1n) is 7.34. The molecule has 1 heterocycles. The monoisotopic (exact) mass is 264 g/mol. The molecule has 1 aliphatic rings. The summed E-state index contributed by atoms with van der Waals surface area (Å²) in [5.41, 5.74) is 2.65. The van der Waals surface area contributed by atoms with Crippen LogP contribution in [0.2, 0.25) is 0 Å². The molecule has 106 valence electrons. The average molecular weight is 264 g/mol. The van der Waals surface area contributed by atoms with E-state index < -0.39 is 0 Å². The summed E-state index contributed by atoms with van der Waals surface area (Å²) in [6.45, 7) is 6.83. The molecule has 0 bridgehead atoms. The van der Waals surface area contributed by atoms with Crippen LogP contribution < -0.4 is 5.32 Å². The molecule has 0 atom stereocenters. The molecule has 2 nitrogen and oxygen atoms in total. The molecule has 1 aliphatic heterocycles. The maximum atomic E-state index is 12.3. The van der Waals surface area contributed by atoms with E-state index in [1.54, 1.807) is 0 Å². The molecule has 0 aliphatic carbocycles. The number of nitrogens with one attached hydrogen (secondary N) is 1. The number of likely N-dealkylation sites (tertiary alicyclic amines) is 1. The number of hydrogen-bond acceptors (Lipinski definition) is 2. The second kappa shape index (κ2) is 6.90. The van der Waals surface area contributed by atoms with Gasteiger partial charge in [-0.05, 0) is 30.4 Å². The van der Waals surface area contributed by atoms with Crippen LogP contribution in [0.3, 0.4) is 0 Å². The van der Waals surface area contributed by atoms with Crippen molar-refractivity contribution in [1.82, 2.24) is 4.90 Å². The van der Waals surface area contributed by atoms with Crippen molar-refractivity contribution in [1.29, 1.82) is 0 Å². The number of anilines is 1. The first-order valence-corrected chi connectivity index (χ1v) is 7.34. The predicted octanol–water partition coefficient (Wildman–Crippen LogP) is 3.66. The van der Waals surface area contributed by atoms with Crippen LogP contribution in [-0.4, -0.2) is 37.3 Å². The molecular weight excluding hydrogens is 239 g/mol. The molecule has 0 spiro atoms. The third-order valence-corrected chi connectivity index (χ3v) is 3.93. The Bertz CT molecular complexity index is 384. The van der Waals surface area contributed by atoms with Gasteiger partial charge >= 0.3 is 0 Å². The molecule has 0 unspecified atom stereocenters. The van der Waals surface area contributed by atoms with Gasteiger partial charge < -0.3 is 10.2 Å². The van der Waals surface area contributed by atoms with E-state index in [0.29, 0.717) is 18.5 Å². The quantitative estimate of drug-likeness (QED) is 0.873. The van der Waals surface area contributed by atoms with Crippen molar-refractivity contribution in [2.75, 3.05) is 31.6 Å². The second-order valence-electron chi connectivity index (χ2n) is 5.69. The van der Waals surface area contributed by atoms with E-state index in [1.807, 2.05) is 0 Å². The molecule has 0 aromatic heterocycles. The lowest BCUT2D eigenvalue weighted by molar-refractivity contribution is 0.202. The molecule has 0 saturated carbocycles. The fourth-order valence-corrected chi connectivity index (χ4v) is 2.77. The van der Waals surface area contributed by atoms with Gasteiger partial charge in [-0.1, -0.05) is 32.0 Å². The minimum atomic E-state index is -0.228. The summed E-state index contributed by atoms with van der Waals surface area (Å²) in [5, 5.41) is 3.67. The van der Waals surface area contributed by atoms with Crippen LogP contribution >= 0.6 is 0 Å². The van der Waals surface area contributed by atoms with E-state index in [-0.39, 0.29) is 6.67 Å². The highest BCUT2D eigenvalue weighted by Gasteiger charge is 2.19. The molecule has 3 heteroatoms. The maximum Gasteiger partial charge on any atom is 0.102 e. The summed E-state index contributed by atoms with van der Waals surface area (Å²) in [7, 11) is 0. The van der Waals surface area contributed by atoms with Crippen LogP contribution in [0.15, 0.2) is 24.3 Å². The lowest BCUT2D eigenvalue weighted by Crippen LogP contribution is -2.40. The lowest BCUT2D eigenvalue weighted by atomic mass is 9.99. The van der Waals surface area contributed by atoms with E-state index in [1.165, 1.54) is 11.3 Å². The van der Waals surface area contributed by atoms with Crippen LogP contribution in [0.5, 0.6) is 0 Å². The number of nitrogens with zero attached hydrogens (tertiary/aromatic N) is 1. The average Bonchev–Trinajstić information content (AvgIpc) is 2.42. The van der Waals surface area contributed by atoms with Crippen LogP contribution in [-0.2, 0) is 0 Å². The number of rotatable bonds is 5. The standard InChI is InChI=1S/C16H25FN2/c1-13(2)15-5-3-4-6-16(15)18-14-7-10-19(11-8-14)12-9-17/h3-6,13-14,18H,7-12H2,1-2H3. The Labute approximate surface area is 116 Å². The van der Waals surface area contributed by atoms with E-state index in [4.69, 9.17) is 0 Å². The molecule has 0 radical (unpaired) electrons. The summed E-state index contributed by atoms with van der Waals surface area (Å²) < 4.78 is 12.3. The first-order chi connectivity index (χ1) is 9.20. The molecule has 1 saturated heterocycles. The smallest absolute Gasteiger partial charge is 0.102 e. The van der Waals surface area contributed by atoms with E-state index in [9.17, 15) is 4.39 Å². The van der Waals surface area contributed by atoms with Gasteiger partial charge in [0.1, 0.15) is 6.67 Å². The van der Waals surface area contributed by atoms with Crippen molar-refractivity contribution in [3.63, 3.8) is 0 Å². The second-order valence-corrected chi connectivity index (χ2v) is 5.69. The highest BCUT2D eigenvalue weighted by atomic mass is 19.1. The summed E-state index contributed by atoms with van der Waals surface area (Å²) in [4.78, 5) is 2.21. The first kappa shape index (κ1) is 14.3. The highest BCUT2D eigenvalue weighted by molar-refractivity contribution is 5.53. The Morgan fingerprint density at radius 2 is 1.95 bits per heavy atom. The number of alkyl halides is 1. The molecule has 1 fully saturated rings. The Kier molecular flexibility index (Phi) is 5.20. The van der Waals surface area contributed by atoms with Gasteiger partial charge in [0.05, 0.1) is 0 Å². The highest BCUT2D eigenvalue weighted by Crippen LogP contribution is 2.26. The van der Waals surface area contributed by atoms with Gasteiger partial charge in [0.25, 0.3) is 0 Å². The van der Waals surface area contributed by atoms with Crippen molar-refractivity contribution < 1.29 is 4.39 Å². The van der Waals surface area contributed by atoms with Crippen molar-refractivity contribution in [2.24, 2.45) is 0 Å².